The molecule has 0 saturated carbocycles. The van der Waals surface area contributed by atoms with Gasteiger partial charge in [-0.2, -0.15) is 0 Å². The molecule has 0 spiro atoms. The summed E-state index contributed by atoms with van der Waals surface area (Å²) in [6, 6.07) is 3.31. The maximum atomic E-state index is 12.3. The average Bonchev–Trinajstić information content (AvgIpc) is 2.88. The van der Waals surface area contributed by atoms with Gasteiger partial charge in [0.1, 0.15) is 11.5 Å². The van der Waals surface area contributed by atoms with Gasteiger partial charge in [0.05, 0.1) is 17.0 Å². The minimum Gasteiger partial charge on any atom is -0.462 e. The van der Waals surface area contributed by atoms with Crippen LogP contribution in [0.3, 0.4) is 0 Å². The van der Waals surface area contributed by atoms with Crippen LogP contribution >= 0.6 is 11.3 Å². The molecule has 0 saturated heterocycles. The third-order valence-electron chi connectivity index (χ3n) is 3.63. The van der Waals surface area contributed by atoms with Gasteiger partial charge in [0.25, 0.3) is 11.5 Å². The number of hydrogen-bond acceptors (Lipinski definition) is 6. The Hall–Kier alpha value is -2.94. The number of carbonyl (C=O) groups excluding carboxylic acids is 3. The molecular formula is C17H19N3O5S. The van der Waals surface area contributed by atoms with Gasteiger partial charge in [-0.1, -0.05) is 6.07 Å². The first-order chi connectivity index (χ1) is 12.3. The predicted molar refractivity (Wildman–Crippen MR) is 97.6 cm³/mol. The fourth-order valence-corrected chi connectivity index (χ4v) is 3.45. The van der Waals surface area contributed by atoms with Gasteiger partial charge in [0, 0.05) is 11.8 Å². The van der Waals surface area contributed by atoms with Gasteiger partial charge < -0.3 is 20.4 Å². The van der Waals surface area contributed by atoms with E-state index in [2.05, 4.69) is 5.32 Å². The van der Waals surface area contributed by atoms with Crippen LogP contribution in [0.5, 0.6) is 0 Å². The number of nitrogens with one attached hydrogen (secondary N) is 1. The Morgan fingerprint density at radius 1 is 1.31 bits per heavy atom. The molecule has 9 heteroatoms. The number of hydrogen-bond donors (Lipinski definition) is 2. The summed E-state index contributed by atoms with van der Waals surface area (Å²) in [4.78, 5) is 48.2. The lowest BCUT2D eigenvalue weighted by Gasteiger charge is -2.09. The van der Waals surface area contributed by atoms with Crippen LogP contribution in [-0.4, -0.2) is 29.0 Å². The van der Waals surface area contributed by atoms with Crippen LogP contribution in [0.25, 0.3) is 0 Å². The number of esters is 1. The minimum absolute atomic E-state index is 0.0931. The molecule has 26 heavy (non-hydrogen) atoms. The highest BCUT2D eigenvalue weighted by Crippen LogP contribution is 2.33. The molecule has 2 amide bonds. The van der Waals surface area contributed by atoms with E-state index in [1.54, 1.807) is 32.9 Å². The van der Waals surface area contributed by atoms with Crippen LogP contribution in [-0.2, 0) is 16.1 Å². The number of amides is 2. The molecule has 0 aliphatic heterocycles. The standard InChI is InChI=1S/C17H19N3O5S/c1-4-25-17(24)12-10(3)13(14(18)22)26-15(12)19-11(21)8-20-7-5-6-9(2)16(20)23/h5-7H,4,8H2,1-3H3,(H2,18,22)(H,19,21). The third-order valence-corrected chi connectivity index (χ3v) is 4.85. The van der Waals surface area contributed by atoms with E-state index >= 15 is 0 Å². The Morgan fingerprint density at radius 2 is 2.00 bits per heavy atom. The lowest BCUT2D eigenvalue weighted by Crippen LogP contribution is -2.28. The number of thiophene rings is 1. The summed E-state index contributed by atoms with van der Waals surface area (Å²) < 4.78 is 6.24. The van der Waals surface area contributed by atoms with Crippen molar-refractivity contribution in [1.29, 1.82) is 0 Å². The van der Waals surface area contributed by atoms with Gasteiger partial charge in [0.15, 0.2) is 0 Å². The second-order valence-corrected chi connectivity index (χ2v) is 6.54. The second-order valence-electron chi connectivity index (χ2n) is 5.52. The molecule has 0 atom stereocenters. The molecule has 0 aromatic carbocycles. The third kappa shape index (κ3) is 3.99. The van der Waals surface area contributed by atoms with E-state index in [0.717, 1.165) is 11.3 Å². The summed E-state index contributed by atoms with van der Waals surface area (Å²) in [7, 11) is 0. The van der Waals surface area contributed by atoms with E-state index in [-0.39, 0.29) is 34.2 Å². The molecule has 0 fully saturated rings. The first kappa shape index (κ1) is 19.4. The van der Waals surface area contributed by atoms with Crippen molar-refractivity contribution in [1.82, 2.24) is 4.57 Å². The summed E-state index contributed by atoms with van der Waals surface area (Å²) in [6.45, 7) is 4.77. The highest BCUT2D eigenvalue weighted by atomic mass is 32.1. The fraction of sp³-hybridized carbons (Fsp3) is 0.294. The molecule has 138 valence electrons. The van der Waals surface area contributed by atoms with Gasteiger partial charge in [-0.25, -0.2) is 4.79 Å². The van der Waals surface area contributed by atoms with Gasteiger partial charge >= 0.3 is 5.97 Å². The lowest BCUT2D eigenvalue weighted by molar-refractivity contribution is -0.116. The number of aryl methyl sites for hydroxylation is 1. The monoisotopic (exact) mass is 377 g/mol. The number of nitrogens with two attached hydrogens (primary N) is 1. The number of anilines is 1. The number of primary amides is 1. The number of ether oxygens (including phenoxy) is 1. The summed E-state index contributed by atoms with van der Waals surface area (Å²) in [5, 5.41) is 2.74. The van der Waals surface area contributed by atoms with Crippen molar-refractivity contribution in [3.05, 3.63) is 50.3 Å². The number of pyridine rings is 1. The molecule has 0 radical (unpaired) electrons. The SMILES string of the molecule is CCOC(=O)c1c(NC(=O)Cn2cccc(C)c2=O)sc(C(N)=O)c1C. The van der Waals surface area contributed by atoms with Crippen molar-refractivity contribution in [2.45, 2.75) is 27.3 Å². The Morgan fingerprint density at radius 3 is 2.62 bits per heavy atom. The van der Waals surface area contributed by atoms with E-state index in [4.69, 9.17) is 10.5 Å². The van der Waals surface area contributed by atoms with Crippen molar-refractivity contribution < 1.29 is 19.1 Å². The van der Waals surface area contributed by atoms with Crippen LogP contribution in [0.2, 0.25) is 0 Å². The van der Waals surface area contributed by atoms with Crippen molar-refractivity contribution in [3.8, 4) is 0 Å². The minimum atomic E-state index is -0.701. The fourth-order valence-electron chi connectivity index (χ4n) is 2.39. The van der Waals surface area contributed by atoms with E-state index in [1.807, 2.05) is 0 Å². The summed E-state index contributed by atoms with van der Waals surface area (Å²) in [5.41, 5.74) is 5.99. The van der Waals surface area contributed by atoms with Crippen LogP contribution in [0, 0.1) is 13.8 Å². The van der Waals surface area contributed by atoms with E-state index in [0.29, 0.717) is 11.1 Å². The average molecular weight is 377 g/mol. The van der Waals surface area contributed by atoms with Crippen molar-refractivity contribution in [2.24, 2.45) is 5.73 Å². The smallest absolute Gasteiger partial charge is 0.341 e. The molecule has 3 N–H and O–H groups in total. The number of nitrogens with zero attached hydrogens (tertiary/aromatic N) is 1. The summed E-state index contributed by atoms with van der Waals surface area (Å²) >= 11 is 0.900. The van der Waals surface area contributed by atoms with Crippen LogP contribution in [0.4, 0.5) is 5.00 Å². The van der Waals surface area contributed by atoms with E-state index < -0.39 is 17.8 Å². The topological polar surface area (TPSA) is 120 Å². The van der Waals surface area contributed by atoms with Crippen LogP contribution < -0.4 is 16.6 Å². The highest BCUT2D eigenvalue weighted by Gasteiger charge is 2.25. The van der Waals surface area contributed by atoms with Crippen molar-refractivity contribution >= 4 is 34.1 Å². The zero-order valence-corrected chi connectivity index (χ0v) is 15.4. The quantitative estimate of drug-likeness (QED) is 0.738. The normalized spacial score (nSPS) is 10.4. The first-order valence-electron chi connectivity index (χ1n) is 7.82. The summed E-state index contributed by atoms with van der Waals surface area (Å²) in [6.07, 6.45) is 1.50. The zero-order chi connectivity index (χ0) is 19.4. The highest BCUT2D eigenvalue weighted by molar-refractivity contribution is 7.18. The largest absolute Gasteiger partial charge is 0.462 e. The van der Waals surface area contributed by atoms with Gasteiger partial charge in [-0.05, 0) is 32.4 Å². The Labute approximate surface area is 153 Å². The number of aromatic nitrogens is 1. The molecule has 0 aliphatic carbocycles. The Kier molecular flexibility index (Phi) is 5.93. The van der Waals surface area contributed by atoms with Crippen molar-refractivity contribution in [2.75, 3.05) is 11.9 Å². The van der Waals surface area contributed by atoms with Gasteiger partial charge in [0.2, 0.25) is 5.91 Å². The molecule has 0 aliphatic rings. The van der Waals surface area contributed by atoms with Crippen LogP contribution in [0.15, 0.2) is 23.1 Å². The van der Waals surface area contributed by atoms with Crippen molar-refractivity contribution in [3.63, 3.8) is 0 Å². The molecule has 2 aromatic heterocycles. The molecule has 2 heterocycles. The Balaban J connectivity index is 2.33. The molecule has 2 rings (SSSR count). The summed E-state index contributed by atoms with van der Waals surface area (Å²) in [5.74, 6) is -1.87. The second kappa shape index (κ2) is 7.96. The molecular weight excluding hydrogens is 358 g/mol. The number of carbonyl (C=O) groups is 3. The van der Waals surface area contributed by atoms with Crippen LogP contribution in [0.1, 0.15) is 38.1 Å². The lowest BCUT2D eigenvalue weighted by atomic mass is 10.1. The van der Waals surface area contributed by atoms with Gasteiger partial charge in [-0.15, -0.1) is 11.3 Å². The maximum Gasteiger partial charge on any atom is 0.341 e. The molecule has 0 unspecified atom stereocenters. The molecule has 0 bridgehead atoms. The van der Waals surface area contributed by atoms with Gasteiger partial charge in [-0.3, -0.25) is 14.4 Å². The number of rotatable bonds is 6. The van der Waals surface area contributed by atoms with E-state index in [1.165, 1.54) is 10.8 Å². The molecule has 8 nitrogen and oxygen atoms in total. The Bertz CT molecular complexity index is 929. The first-order valence-corrected chi connectivity index (χ1v) is 8.64. The zero-order valence-electron chi connectivity index (χ0n) is 14.6. The maximum absolute atomic E-state index is 12.3. The molecule has 2 aromatic rings. The predicted octanol–water partition coefficient (Wildman–Crippen LogP) is 1.44. The van der Waals surface area contributed by atoms with E-state index in [9.17, 15) is 19.2 Å².